The zero-order valence-corrected chi connectivity index (χ0v) is 24.3. The van der Waals surface area contributed by atoms with Crippen LogP contribution in [0, 0.1) is 11.6 Å². The summed E-state index contributed by atoms with van der Waals surface area (Å²) in [7, 11) is 0. The van der Waals surface area contributed by atoms with E-state index in [1.807, 2.05) is 0 Å². The highest BCUT2D eigenvalue weighted by Crippen LogP contribution is 2.50. The fourth-order valence-electron chi connectivity index (χ4n) is 6.16. The van der Waals surface area contributed by atoms with Gasteiger partial charge in [0.25, 0.3) is 0 Å². The Balaban J connectivity index is 1.61. The van der Waals surface area contributed by atoms with Crippen molar-refractivity contribution in [2.24, 2.45) is 0 Å². The molecule has 0 N–H and O–H groups in total. The van der Waals surface area contributed by atoms with Gasteiger partial charge in [-0.3, -0.25) is 9.36 Å². The number of amides is 1. The van der Waals surface area contributed by atoms with Crippen LogP contribution in [0.15, 0.2) is 46.6 Å². The molecule has 43 heavy (non-hydrogen) atoms. The molecular weight excluding hydrogens is 591 g/mol. The van der Waals surface area contributed by atoms with Gasteiger partial charge in [0.05, 0.1) is 29.8 Å². The van der Waals surface area contributed by atoms with E-state index in [-0.39, 0.29) is 71.2 Å². The number of anilines is 1. The number of carbonyl (C=O) groups excluding carboxylic acids is 1. The van der Waals surface area contributed by atoms with Crippen molar-refractivity contribution in [1.29, 1.82) is 0 Å². The third-order valence-electron chi connectivity index (χ3n) is 8.13. The number of nitrogens with zero attached hydrogens (tertiary/aromatic N) is 4. The van der Waals surface area contributed by atoms with Gasteiger partial charge in [-0.2, -0.15) is 18.2 Å². The van der Waals surface area contributed by atoms with E-state index in [4.69, 9.17) is 4.74 Å². The standard InChI is InChI=1S/C30H29F5N4O3S/c1-4-24(40)38-15(2)11-37(12-16(38)3)28-21-10-22(30(33,34)35)25(20-8-5-17(31)9-23(20)32)27-26(21)39(29(41)36-28)18(14-43-27)13-42-19-6-7-19/h4-5,8-10,15-16,18-19H,1,6-7,11-14H2,2-3H3/t15-,16+,18-/m0/s1. The van der Waals surface area contributed by atoms with Gasteiger partial charge in [0.15, 0.2) is 0 Å². The smallest absolute Gasteiger partial charge is 0.376 e. The van der Waals surface area contributed by atoms with Crippen molar-refractivity contribution in [3.63, 3.8) is 0 Å². The van der Waals surface area contributed by atoms with E-state index in [0.717, 1.165) is 42.8 Å². The highest BCUT2D eigenvalue weighted by molar-refractivity contribution is 7.99. The van der Waals surface area contributed by atoms with E-state index >= 15 is 4.39 Å². The largest absolute Gasteiger partial charge is 0.417 e. The first-order valence-corrected chi connectivity index (χ1v) is 15.0. The summed E-state index contributed by atoms with van der Waals surface area (Å²) in [6.45, 7) is 7.76. The van der Waals surface area contributed by atoms with Crippen LogP contribution in [0.3, 0.4) is 0 Å². The van der Waals surface area contributed by atoms with Gasteiger partial charge >= 0.3 is 11.9 Å². The number of carbonyl (C=O) groups is 1. The molecular formula is C30H29F5N4O3S. The first-order chi connectivity index (χ1) is 20.4. The minimum atomic E-state index is -4.92. The van der Waals surface area contributed by atoms with E-state index in [1.54, 1.807) is 23.6 Å². The van der Waals surface area contributed by atoms with E-state index in [9.17, 15) is 27.2 Å². The molecule has 1 saturated heterocycles. The predicted molar refractivity (Wildman–Crippen MR) is 153 cm³/mol. The van der Waals surface area contributed by atoms with Crippen LogP contribution >= 0.6 is 11.8 Å². The van der Waals surface area contributed by atoms with Gasteiger partial charge in [-0.05, 0) is 51.0 Å². The van der Waals surface area contributed by atoms with E-state index < -0.39 is 46.2 Å². The normalized spacial score (nSPS) is 22.3. The van der Waals surface area contributed by atoms with Crippen LogP contribution in [0.1, 0.15) is 38.3 Å². The van der Waals surface area contributed by atoms with Crippen molar-refractivity contribution in [3.8, 4) is 11.1 Å². The van der Waals surface area contributed by atoms with Gasteiger partial charge in [-0.25, -0.2) is 13.6 Å². The van der Waals surface area contributed by atoms with Gasteiger partial charge in [-0.15, -0.1) is 11.8 Å². The lowest BCUT2D eigenvalue weighted by molar-refractivity contribution is -0.137. The van der Waals surface area contributed by atoms with Crippen molar-refractivity contribution in [3.05, 3.63) is 64.6 Å². The zero-order chi connectivity index (χ0) is 30.8. The molecule has 7 nitrogen and oxygen atoms in total. The summed E-state index contributed by atoms with van der Waals surface area (Å²) in [5.41, 5.74) is -2.44. The lowest BCUT2D eigenvalue weighted by atomic mass is 9.95. The summed E-state index contributed by atoms with van der Waals surface area (Å²) in [5, 5.41) is 0.0831. The van der Waals surface area contributed by atoms with E-state index in [2.05, 4.69) is 11.6 Å². The van der Waals surface area contributed by atoms with Crippen LogP contribution in [-0.2, 0) is 15.7 Å². The molecule has 2 fully saturated rings. The van der Waals surface area contributed by atoms with Crippen molar-refractivity contribution in [1.82, 2.24) is 14.5 Å². The first-order valence-electron chi connectivity index (χ1n) is 14.0. The summed E-state index contributed by atoms with van der Waals surface area (Å²) in [6, 6.07) is 2.13. The predicted octanol–water partition coefficient (Wildman–Crippen LogP) is 5.80. The lowest BCUT2D eigenvalue weighted by Gasteiger charge is -2.45. The average Bonchev–Trinajstić information content (AvgIpc) is 3.77. The maximum absolute atomic E-state index is 15.1. The minimum Gasteiger partial charge on any atom is -0.376 e. The second kappa shape index (κ2) is 10.9. The summed E-state index contributed by atoms with van der Waals surface area (Å²) >= 11 is 1.09. The van der Waals surface area contributed by atoms with Gasteiger partial charge in [-0.1, -0.05) is 6.58 Å². The quantitative estimate of drug-likeness (QED) is 0.257. The third-order valence-corrected chi connectivity index (χ3v) is 9.37. The number of halogens is 5. The van der Waals surface area contributed by atoms with Crippen molar-refractivity contribution < 1.29 is 31.5 Å². The number of piperazine rings is 1. The number of hydrogen-bond acceptors (Lipinski definition) is 6. The van der Waals surface area contributed by atoms with E-state index in [0.29, 0.717) is 6.07 Å². The van der Waals surface area contributed by atoms with Crippen molar-refractivity contribution in [2.75, 3.05) is 30.3 Å². The molecule has 3 heterocycles. The van der Waals surface area contributed by atoms with Crippen molar-refractivity contribution in [2.45, 2.75) is 62.0 Å². The van der Waals surface area contributed by atoms with E-state index in [1.165, 1.54) is 10.6 Å². The maximum Gasteiger partial charge on any atom is 0.417 e. The maximum atomic E-state index is 15.1. The monoisotopic (exact) mass is 620 g/mol. The topological polar surface area (TPSA) is 67.7 Å². The number of ether oxygens (including phenoxy) is 1. The summed E-state index contributed by atoms with van der Waals surface area (Å²) in [5.74, 6) is -2.08. The molecule has 3 aliphatic rings. The molecule has 3 atom stereocenters. The van der Waals surface area contributed by atoms with Gasteiger partial charge in [0.1, 0.15) is 17.5 Å². The molecule has 0 unspecified atom stereocenters. The Hall–Kier alpha value is -3.45. The Labute approximate surface area is 248 Å². The molecule has 2 aromatic carbocycles. The Kier molecular flexibility index (Phi) is 7.52. The molecule has 0 radical (unpaired) electrons. The molecule has 1 aromatic heterocycles. The minimum absolute atomic E-state index is 0.0582. The molecule has 1 amide bonds. The van der Waals surface area contributed by atoms with Gasteiger partial charge in [0, 0.05) is 58.4 Å². The fourth-order valence-corrected chi connectivity index (χ4v) is 7.47. The van der Waals surface area contributed by atoms with Crippen LogP contribution in [0.5, 0.6) is 0 Å². The second-order valence-electron chi connectivity index (χ2n) is 11.3. The highest BCUT2D eigenvalue weighted by atomic mass is 32.2. The number of benzene rings is 2. The van der Waals surface area contributed by atoms with Crippen LogP contribution in [0.25, 0.3) is 22.0 Å². The number of rotatable bonds is 6. The van der Waals surface area contributed by atoms with Crippen LogP contribution in [0.2, 0.25) is 0 Å². The SMILES string of the molecule is C=CC(=O)N1[C@H](C)CN(c2nc(=O)n3c4c(c(-c5ccc(F)cc5F)c(C(F)(F)F)cc24)SC[C@@H]3COC2CC2)C[C@@H]1C. The van der Waals surface area contributed by atoms with Crippen LogP contribution < -0.4 is 10.6 Å². The van der Waals surface area contributed by atoms with Crippen LogP contribution in [0.4, 0.5) is 27.8 Å². The molecule has 0 spiro atoms. The average molecular weight is 621 g/mol. The number of alkyl halides is 3. The van der Waals surface area contributed by atoms with Crippen molar-refractivity contribution >= 4 is 34.4 Å². The second-order valence-corrected chi connectivity index (χ2v) is 12.3. The number of thioether (sulfide) groups is 1. The Morgan fingerprint density at radius 2 is 1.86 bits per heavy atom. The summed E-state index contributed by atoms with van der Waals surface area (Å²) in [6.07, 6.45) is -1.82. The van der Waals surface area contributed by atoms with Gasteiger partial charge < -0.3 is 14.5 Å². The Morgan fingerprint density at radius 3 is 2.47 bits per heavy atom. The Morgan fingerprint density at radius 1 is 1.16 bits per heavy atom. The van der Waals surface area contributed by atoms with Crippen LogP contribution in [-0.4, -0.2) is 64.0 Å². The lowest BCUT2D eigenvalue weighted by Crippen LogP contribution is -2.58. The molecule has 6 rings (SSSR count). The number of aromatic nitrogens is 2. The summed E-state index contributed by atoms with van der Waals surface area (Å²) < 4.78 is 80.5. The highest BCUT2D eigenvalue weighted by Gasteiger charge is 2.41. The molecule has 1 saturated carbocycles. The molecule has 3 aromatic rings. The number of hydrogen-bond donors (Lipinski definition) is 0. The molecule has 1 aliphatic carbocycles. The molecule has 13 heteroatoms. The molecule has 0 bridgehead atoms. The summed E-state index contributed by atoms with van der Waals surface area (Å²) in [4.78, 5) is 34.0. The molecule has 2 aliphatic heterocycles. The molecule has 228 valence electrons. The first kappa shape index (κ1) is 29.6. The Bertz CT molecular complexity index is 1680. The third kappa shape index (κ3) is 5.30. The van der Waals surface area contributed by atoms with Gasteiger partial charge in [0.2, 0.25) is 5.91 Å². The zero-order valence-electron chi connectivity index (χ0n) is 23.5. The fraction of sp³-hybridized carbons (Fsp3) is 0.433.